The highest BCUT2D eigenvalue weighted by Crippen LogP contribution is 2.40. The summed E-state index contributed by atoms with van der Waals surface area (Å²) in [4.78, 5) is 31.9. The fourth-order valence-corrected chi connectivity index (χ4v) is 3.04. The number of phosphoric acid groups is 2. The Kier molecular flexibility index (Phi) is 22.7. The summed E-state index contributed by atoms with van der Waals surface area (Å²) >= 11 is 0. The summed E-state index contributed by atoms with van der Waals surface area (Å²) in [6.45, 7) is 0.926. The average Bonchev–Trinajstić information content (AvgIpc) is 2.69. The molecule has 194 valence electrons. The molecule has 0 fully saturated rings. The highest BCUT2D eigenvalue weighted by atomic mass is 31.2. The van der Waals surface area contributed by atoms with Gasteiger partial charge in [0.1, 0.15) is 0 Å². The maximum Gasteiger partial charge on any atom is 0.471 e. The molecule has 0 aliphatic heterocycles. The van der Waals surface area contributed by atoms with Crippen molar-refractivity contribution in [3.63, 3.8) is 0 Å². The van der Waals surface area contributed by atoms with Crippen molar-refractivity contribution >= 4 is 15.6 Å². The first kappa shape index (κ1) is 34.0. The predicted molar refractivity (Wildman–Crippen MR) is 122 cm³/mol. The third kappa shape index (κ3) is 29.8. The van der Waals surface area contributed by atoms with Gasteiger partial charge in [0.05, 0.1) is 18.8 Å². The zero-order chi connectivity index (χ0) is 24.9. The smallest absolute Gasteiger partial charge is 0.395 e. The van der Waals surface area contributed by atoms with Gasteiger partial charge in [-0.2, -0.15) is 0 Å². The Morgan fingerprint density at radius 3 is 1.59 bits per heavy atom. The largest absolute Gasteiger partial charge is 0.471 e. The van der Waals surface area contributed by atoms with Crippen LogP contribution in [0.3, 0.4) is 0 Å². The lowest BCUT2D eigenvalue weighted by Gasteiger charge is -2.11. The van der Waals surface area contributed by atoms with Gasteiger partial charge in [0.2, 0.25) is 0 Å². The quantitative estimate of drug-likeness (QED) is 0.0586. The van der Waals surface area contributed by atoms with Crippen LogP contribution >= 0.6 is 15.6 Å². The molecule has 13 heteroatoms. The Labute approximate surface area is 191 Å². The number of phosphoric ester groups is 2. The average molecular weight is 507 g/mol. The zero-order valence-corrected chi connectivity index (χ0v) is 20.8. The Balaban J connectivity index is 0. The molecule has 0 aromatic rings. The maximum absolute atomic E-state index is 9.86. The van der Waals surface area contributed by atoms with E-state index in [1.54, 1.807) is 6.08 Å². The zero-order valence-electron chi connectivity index (χ0n) is 19.0. The van der Waals surface area contributed by atoms with Gasteiger partial charge in [-0.1, -0.05) is 83.3 Å². The normalized spacial score (nSPS) is 14.2. The fourth-order valence-electron chi connectivity index (χ4n) is 2.57. The Hall–Kier alpha value is -0.160. The van der Waals surface area contributed by atoms with Crippen LogP contribution in [0.4, 0.5) is 0 Å². The Morgan fingerprint density at radius 1 is 0.812 bits per heavy atom. The SMILES string of the molecule is CCCCCCCCCCCCC/C=C/[C@@H](O)[C@@H](N)CO.O=P(O)(O)OCOP(=O)(O)O. The number of aliphatic hydroxyl groups excluding tert-OH is 2. The molecule has 0 aromatic heterocycles. The van der Waals surface area contributed by atoms with Gasteiger partial charge in [-0.25, -0.2) is 9.13 Å². The maximum atomic E-state index is 9.86. The standard InChI is InChI=1S/C18H37NO2.CH6O8P2/c1-2-3-4-5-6-7-8-9-10-11-12-13-14-15-18(21)17(19)16-20;2-10(3,4)8-1-9-11(5,6)7/h14-15,17-18,20-21H,2-13,16,19H2,1H3;1H2,(H2,2,3,4)(H2,5,6,7)/b15-14+;/t17-,18+;/m0./s1. The van der Waals surface area contributed by atoms with E-state index in [9.17, 15) is 14.2 Å². The molecule has 11 nitrogen and oxygen atoms in total. The first-order valence-corrected chi connectivity index (χ1v) is 14.1. The lowest BCUT2D eigenvalue weighted by atomic mass is 10.0. The van der Waals surface area contributed by atoms with Crippen molar-refractivity contribution < 1.29 is 48.0 Å². The minimum Gasteiger partial charge on any atom is -0.395 e. The number of hydrogen-bond acceptors (Lipinski definition) is 7. The van der Waals surface area contributed by atoms with E-state index in [4.69, 9.17) is 30.4 Å². The number of rotatable bonds is 19. The van der Waals surface area contributed by atoms with E-state index in [-0.39, 0.29) is 6.61 Å². The van der Waals surface area contributed by atoms with Crippen molar-refractivity contribution in [3.05, 3.63) is 12.2 Å². The van der Waals surface area contributed by atoms with Crippen molar-refractivity contribution in [1.82, 2.24) is 0 Å². The molecular formula is C19H43NO10P2. The van der Waals surface area contributed by atoms with E-state index in [1.807, 2.05) is 6.08 Å². The summed E-state index contributed by atoms with van der Waals surface area (Å²) < 4.78 is 26.8. The second kappa shape index (κ2) is 21.4. The minimum absolute atomic E-state index is 0.177. The van der Waals surface area contributed by atoms with Gasteiger partial charge in [-0.3, -0.25) is 9.05 Å². The van der Waals surface area contributed by atoms with Crippen LogP contribution < -0.4 is 5.73 Å². The molecule has 0 saturated heterocycles. The van der Waals surface area contributed by atoms with E-state index in [0.717, 1.165) is 6.42 Å². The summed E-state index contributed by atoms with van der Waals surface area (Å²) in [5.74, 6) is 0. The summed E-state index contributed by atoms with van der Waals surface area (Å²) in [6, 6.07) is -0.557. The van der Waals surface area contributed by atoms with Gasteiger partial charge >= 0.3 is 15.6 Å². The molecule has 0 saturated carbocycles. The molecule has 0 aliphatic rings. The molecule has 0 aliphatic carbocycles. The van der Waals surface area contributed by atoms with Crippen LogP contribution in [0.2, 0.25) is 0 Å². The van der Waals surface area contributed by atoms with Crippen LogP contribution in [-0.4, -0.2) is 55.3 Å². The topological polar surface area (TPSA) is 200 Å². The highest BCUT2D eigenvalue weighted by molar-refractivity contribution is 7.47. The molecule has 0 rings (SSSR count). The van der Waals surface area contributed by atoms with Gasteiger partial charge in [0, 0.05) is 0 Å². The van der Waals surface area contributed by atoms with Crippen LogP contribution in [0.5, 0.6) is 0 Å². The number of nitrogens with two attached hydrogens (primary N) is 1. The van der Waals surface area contributed by atoms with Crippen molar-refractivity contribution in [2.24, 2.45) is 5.73 Å². The third-order valence-electron chi connectivity index (χ3n) is 4.40. The molecule has 0 radical (unpaired) electrons. The monoisotopic (exact) mass is 507 g/mol. The Bertz CT molecular complexity index is 516. The van der Waals surface area contributed by atoms with Crippen molar-refractivity contribution in [2.45, 2.75) is 96.1 Å². The van der Waals surface area contributed by atoms with Gasteiger partial charge < -0.3 is 35.5 Å². The second-order valence-electron chi connectivity index (χ2n) is 7.45. The molecule has 32 heavy (non-hydrogen) atoms. The van der Waals surface area contributed by atoms with Crippen molar-refractivity contribution in [1.29, 1.82) is 0 Å². The van der Waals surface area contributed by atoms with E-state index >= 15 is 0 Å². The fraction of sp³-hybridized carbons (Fsp3) is 0.895. The minimum atomic E-state index is -4.72. The molecule has 0 spiro atoms. The first-order valence-electron chi connectivity index (χ1n) is 11.0. The van der Waals surface area contributed by atoms with Gasteiger partial charge in [-0.15, -0.1) is 0 Å². The summed E-state index contributed by atoms with van der Waals surface area (Å²) in [6.07, 6.45) is 18.8. The van der Waals surface area contributed by atoms with Crippen LogP contribution in [-0.2, 0) is 18.2 Å². The van der Waals surface area contributed by atoms with E-state index in [2.05, 4.69) is 16.0 Å². The number of unbranched alkanes of at least 4 members (excludes halogenated alkanes) is 11. The van der Waals surface area contributed by atoms with Gasteiger partial charge in [0.15, 0.2) is 6.79 Å². The first-order chi connectivity index (χ1) is 14.9. The predicted octanol–water partition coefficient (Wildman–Crippen LogP) is 3.09. The van der Waals surface area contributed by atoms with E-state index in [0.29, 0.717) is 0 Å². The molecule has 0 aromatic carbocycles. The summed E-state index contributed by atoms with van der Waals surface area (Å²) in [5.41, 5.74) is 5.51. The highest BCUT2D eigenvalue weighted by Gasteiger charge is 2.19. The lowest BCUT2D eigenvalue weighted by Crippen LogP contribution is -2.36. The van der Waals surface area contributed by atoms with Crippen LogP contribution in [0.1, 0.15) is 84.0 Å². The van der Waals surface area contributed by atoms with Crippen molar-refractivity contribution in [3.8, 4) is 0 Å². The molecule has 0 heterocycles. The van der Waals surface area contributed by atoms with Crippen LogP contribution in [0, 0.1) is 0 Å². The molecule has 2 atom stereocenters. The number of aliphatic hydroxyl groups is 2. The van der Waals surface area contributed by atoms with E-state index in [1.165, 1.54) is 70.6 Å². The van der Waals surface area contributed by atoms with Gasteiger partial charge in [0.25, 0.3) is 0 Å². The molecule has 0 bridgehead atoms. The molecular weight excluding hydrogens is 464 g/mol. The second-order valence-corrected chi connectivity index (χ2v) is 9.93. The summed E-state index contributed by atoms with van der Waals surface area (Å²) in [5, 5.41) is 18.3. The molecule has 0 unspecified atom stereocenters. The molecule has 8 N–H and O–H groups in total. The Morgan fingerprint density at radius 2 is 1.22 bits per heavy atom. The van der Waals surface area contributed by atoms with Crippen LogP contribution in [0.15, 0.2) is 12.2 Å². The van der Waals surface area contributed by atoms with Crippen molar-refractivity contribution in [2.75, 3.05) is 13.4 Å². The molecule has 0 amide bonds. The number of allylic oxidation sites excluding steroid dienone is 1. The summed E-state index contributed by atoms with van der Waals surface area (Å²) in [7, 11) is -9.44. The number of hydrogen-bond donors (Lipinski definition) is 7. The van der Waals surface area contributed by atoms with E-state index < -0.39 is 34.6 Å². The van der Waals surface area contributed by atoms with Gasteiger partial charge in [-0.05, 0) is 12.8 Å². The van der Waals surface area contributed by atoms with Crippen LogP contribution in [0.25, 0.3) is 0 Å². The lowest BCUT2D eigenvalue weighted by molar-refractivity contribution is 0.0582. The third-order valence-corrected chi connectivity index (χ3v) is 5.28.